The van der Waals surface area contributed by atoms with Gasteiger partial charge in [0.1, 0.15) is 5.75 Å². The Bertz CT molecular complexity index is 546. The number of hydrogen-bond donors (Lipinski definition) is 0. The van der Waals surface area contributed by atoms with E-state index in [1.165, 1.54) is 11.8 Å². The van der Waals surface area contributed by atoms with Crippen LogP contribution in [0.4, 0.5) is 0 Å². The molecule has 0 aromatic heterocycles. The first-order chi connectivity index (χ1) is 8.91. The minimum Gasteiger partial charge on any atom is -0.496 e. The number of rotatable bonds is 3. The van der Waals surface area contributed by atoms with Crippen molar-refractivity contribution in [2.45, 2.75) is 25.7 Å². The molecule has 0 unspecified atom stereocenters. The van der Waals surface area contributed by atoms with Crippen molar-refractivity contribution in [3.05, 3.63) is 29.3 Å². The third-order valence-corrected chi connectivity index (χ3v) is 5.13. The Hall–Kier alpha value is -1.07. The van der Waals surface area contributed by atoms with Gasteiger partial charge in [0, 0.05) is 13.1 Å². The second kappa shape index (κ2) is 5.51. The summed E-state index contributed by atoms with van der Waals surface area (Å²) in [4.78, 5) is 0. The third-order valence-electron chi connectivity index (χ3n) is 3.83. The van der Waals surface area contributed by atoms with Crippen LogP contribution in [-0.4, -0.2) is 39.2 Å². The predicted molar refractivity (Wildman–Crippen MR) is 76.1 cm³/mol. The molecular formula is C14H21NO3S. The van der Waals surface area contributed by atoms with E-state index in [1.54, 1.807) is 11.4 Å². The van der Waals surface area contributed by atoms with Crippen molar-refractivity contribution < 1.29 is 13.2 Å². The van der Waals surface area contributed by atoms with E-state index in [4.69, 9.17) is 4.74 Å². The average Bonchev–Trinajstić information content (AvgIpc) is 2.38. The Morgan fingerprint density at radius 3 is 2.42 bits per heavy atom. The predicted octanol–water partition coefficient (Wildman–Crippen LogP) is 2.14. The quantitative estimate of drug-likeness (QED) is 0.854. The third kappa shape index (κ3) is 3.28. The van der Waals surface area contributed by atoms with Gasteiger partial charge in [-0.05, 0) is 42.9 Å². The maximum absolute atomic E-state index is 11.5. The highest BCUT2D eigenvalue weighted by Gasteiger charge is 2.25. The Labute approximate surface area is 115 Å². The SMILES string of the molecule is COc1cc(C2CCN(S(C)(=O)=O)CC2)ccc1C. The molecule has 0 atom stereocenters. The summed E-state index contributed by atoms with van der Waals surface area (Å²) in [7, 11) is -1.36. The van der Waals surface area contributed by atoms with E-state index < -0.39 is 10.0 Å². The van der Waals surface area contributed by atoms with E-state index in [9.17, 15) is 8.42 Å². The van der Waals surface area contributed by atoms with Crippen molar-refractivity contribution in [2.24, 2.45) is 0 Å². The molecule has 1 heterocycles. The van der Waals surface area contributed by atoms with Gasteiger partial charge in [0.25, 0.3) is 0 Å². The lowest BCUT2D eigenvalue weighted by atomic mass is 9.89. The molecule has 1 aliphatic heterocycles. The maximum atomic E-state index is 11.5. The molecule has 0 radical (unpaired) electrons. The van der Waals surface area contributed by atoms with Crippen LogP contribution in [0, 0.1) is 6.92 Å². The van der Waals surface area contributed by atoms with Gasteiger partial charge in [-0.25, -0.2) is 12.7 Å². The van der Waals surface area contributed by atoms with Crippen LogP contribution >= 0.6 is 0 Å². The number of nitrogens with zero attached hydrogens (tertiary/aromatic N) is 1. The molecule has 4 nitrogen and oxygen atoms in total. The van der Waals surface area contributed by atoms with Gasteiger partial charge in [0.15, 0.2) is 0 Å². The van der Waals surface area contributed by atoms with E-state index in [-0.39, 0.29) is 0 Å². The molecule has 0 N–H and O–H groups in total. The molecule has 1 aliphatic rings. The molecule has 0 amide bonds. The van der Waals surface area contributed by atoms with Gasteiger partial charge in [0.2, 0.25) is 10.0 Å². The van der Waals surface area contributed by atoms with Crippen molar-refractivity contribution >= 4 is 10.0 Å². The Balaban J connectivity index is 2.10. The lowest BCUT2D eigenvalue weighted by molar-refractivity contribution is 0.320. The lowest BCUT2D eigenvalue weighted by Gasteiger charge is -2.30. The highest BCUT2D eigenvalue weighted by molar-refractivity contribution is 7.88. The van der Waals surface area contributed by atoms with E-state index in [0.717, 1.165) is 24.2 Å². The van der Waals surface area contributed by atoms with Crippen LogP contribution < -0.4 is 4.74 Å². The number of aryl methyl sites for hydroxylation is 1. The van der Waals surface area contributed by atoms with E-state index in [0.29, 0.717) is 19.0 Å². The molecule has 2 rings (SSSR count). The molecule has 5 heteroatoms. The van der Waals surface area contributed by atoms with Gasteiger partial charge in [-0.3, -0.25) is 0 Å². The number of piperidine rings is 1. The second-order valence-corrected chi connectivity index (χ2v) is 7.15. The number of hydrogen-bond acceptors (Lipinski definition) is 3. The van der Waals surface area contributed by atoms with Crippen molar-refractivity contribution in [1.82, 2.24) is 4.31 Å². The van der Waals surface area contributed by atoms with Gasteiger partial charge in [-0.2, -0.15) is 0 Å². The Kier molecular flexibility index (Phi) is 4.16. The minimum absolute atomic E-state index is 0.424. The average molecular weight is 283 g/mol. The van der Waals surface area contributed by atoms with E-state index in [2.05, 4.69) is 18.2 Å². The van der Waals surface area contributed by atoms with E-state index >= 15 is 0 Å². The van der Waals surface area contributed by atoms with Crippen molar-refractivity contribution in [3.63, 3.8) is 0 Å². The fourth-order valence-corrected chi connectivity index (χ4v) is 3.49. The molecule has 1 aromatic rings. The van der Waals surface area contributed by atoms with Gasteiger partial charge < -0.3 is 4.74 Å². The summed E-state index contributed by atoms with van der Waals surface area (Å²) in [6.45, 7) is 3.24. The zero-order valence-corrected chi connectivity index (χ0v) is 12.5. The molecule has 0 bridgehead atoms. The monoisotopic (exact) mass is 283 g/mol. The maximum Gasteiger partial charge on any atom is 0.211 e. The molecule has 1 aromatic carbocycles. The smallest absolute Gasteiger partial charge is 0.211 e. The Morgan fingerprint density at radius 2 is 1.89 bits per heavy atom. The van der Waals surface area contributed by atoms with Crippen molar-refractivity contribution in [3.8, 4) is 5.75 Å². The molecule has 19 heavy (non-hydrogen) atoms. The van der Waals surface area contributed by atoms with Crippen LogP contribution in [0.15, 0.2) is 18.2 Å². The first kappa shape index (κ1) is 14.3. The first-order valence-corrected chi connectivity index (χ1v) is 8.36. The number of sulfonamides is 1. The van der Waals surface area contributed by atoms with Crippen LogP contribution in [-0.2, 0) is 10.0 Å². The summed E-state index contributed by atoms with van der Waals surface area (Å²) in [5.41, 5.74) is 2.37. The van der Waals surface area contributed by atoms with Crippen LogP contribution in [0.1, 0.15) is 29.9 Å². The molecular weight excluding hydrogens is 262 g/mol. The highest BCUT2D eigenvalue weighted by Crippen LogP contribution is 2.32. The normalized spacial score (nSPS) is 18.5. The molecule has 1 saturated heterocycles. The number of ether oxygens (including phenoxy) is 1. The van der Waals surface area contributed by atoms with Gasteiger partial charge in [0.05, 0.1) is 13.4 Å². The highest BCUT2D eigenvalue weighted by atomic mass is 32.2. The number of benzene rings is 1. The first-order valence-electron chi connectivity index (χ1n) is 6.51. The fraction of sp³-hybridized carbons (Fsp3) is 0.571. The van der Waals surface area contributed by atoms with Crippen LogP contribution in [0.25, 0.3) is 0 Å². The largest absolute Gasteiger partial charge is 0.496 e. The summed E-state index contributed by atoms with van der Waals surface area (Å²) in [6, 6.07) is 6.27. The van der Waals surface area contributed by atoms with Crippen LogP contribution in [0.3, 0.4) is 0 Å². The van der Waals surface area contributed by atoms with E-state index in [1.807, 2.05) is 6.92 Å². The molecule has 0 aliphatic carbocycles. The molecule has 106 valence electrons. The minimum atomic E-state index is -3.04. The Morgan fingerprint density at radius 1 is 1.26 bits per heavy atom. The topological polar surface area (TPSA) is 46.6 Å². The molecule has 0 spiro atoms. The summed E-state index contributed by atoms with van der Waals surface area (Å²) >= 11 is 0. The zero-order valence-electron chi connectivity index (χ0n) is 11.7. The standard InChI is InChI=1S/C14H21NO3S/c1-11-4-5-13(10-14(11)18-2)12-6-8-15(9-7-12)19(3,16)17/h4-5,10,12H,6-9H2,1-3H3. The van der Waals surface area contributed by atoms with Gasteiger partial charge in [-0.15, -0.1) is 0 Å². The lowest BCUT2D eigenvalue weighted by Crippen LogP contribution is -2.37. The zero-order chi connectivity index (χ0) is 14.0. The summed E-state index contributed by atoms with van der Waals surface area (Å²) in [5.74, 6) is 1.33. The van der Waals surface area contributed by atoms with Gasteiger partial charge >= 0.3 is 0 Å². The molecule has 0 saturated carbocycles. The fourth-order valence-electron chi connectivity index (χ4n) is 2.61. The van der Waals surface area contributed by atoms with Gasteiger partial charge in [-0.1, -0.05) is 12.1 Å². The number of methoxy groups -OCH3 is 1. The second-order valence-electron chi connectivity index (χ2n) is 5.17. The molecule has 1 fully saturated rings. The van der Waals surface area contributed by atoms with Crippen LogP contribution in [0.2, 0.25) is 0 Å². The van der Waals surface area contributed by atoms with Crippen LogP contribution in [0.5, 0.6) is 5.75 Å². The van der Waals surface area contributed by atoms with Crippen molar-refractivity contribution in [1.29, 1.82) is 0 Å². The summed E-state index contributed by atoms with van der Waals surface area (Å²) in [6.07, 6.45) is 3.03. The summed E-state index contributed by atoms with van der Waals surface area (Å²) in [5, 5.41) is 0. The van der Waals surface area contributed by atoms with Crippen molar-refractivity contribution in [2.75, 3.05) is 26.5 Å². The summed E-state index contributed by atoms with van der Waals surface area (Å²) < 4.78 is 29.9.